The van der Waals surface area contributed by atoms with Gasteiger partial charge in [0.05, 0.1) is 10.9 Å². The molecule has 0 radical (unpaired) electrons. The average molecular weight is 491 g/mol. The van der Waals surface area contributed by atoms with E-state index in [4.69, 9.17) is 9.15 Å². The minimum absolute atomic E-state index is 0.0451. The zero-order chi connectivity index (χ0) is 25.3. The van der Waals surface area contributed by atoms with Crippen LogP contribution in [0.25, 0.3) is 22.1 Å². The Morgan fingerprint density at radius 2 is 1.83 bits per heavy atom. The molecule has 0 aliphatic heterocycles. The van der Waals surface area contributed by atoms with Crippen molar-refractivity contribution in [1.29, 1.82) is 0 Å². The molecule has 1 aliphatic carbocycles. The van der Waals surface area contributed by atoms with Crippen molar-refractivity contribution in [2.24, 2.45) is 11.8 Å². The first kappa shape index (κ1) is 24.8. The number of carbonyl (C=O) groups excluding carboxylic acids is 1. The summed E-state index contributed by atoms with van der Waals surface area (Å²) in [4.78, 5) is 25.4. The molecule has 1 aliphatic rings. The van der Waals surface area contributed by atoms with Crippen molar-refractivity contribution in [3.8, 4) is 16.9 Å². The number of ether oxygens (including phenoxy) is 1. The van der Waals surface area contributed by atoms with Gasteiger partial charge in [-0.2, -0.15) is 13.2 Å². The predicted molar refractivity (Wildman–Crippen MR) is 122 cm³/mol. The molecule has 0 saturated heterocycles. The van der Waals surface area contributed by atoms with E-state index >= 15 is 0 Å². The fourth-order valence-electron chi connectivity index (χ4n) is 4.52. The van der Waals surface area contributed by atoms with Crippen molar-refractivity contribution >= 4 is 16.9 Å². The minimum Gasteiger partial charge on any atom is -0.484 e. The smallest absolute Gasteiger partial charge is 0.450 e. The predicted octanol–water partition coefficient (Wildman–Crippen LogP) is 5.94. The molecule has 1 fully saturated rings. The third-order valence-corrected chi connectivity index (χ3v) is 6.68. The van der Waals surface area contributed by atoms with Crippen LogP contribution in [0.15, 0.2) is 51.7 Å². The number of hydrogen-bond acceptors (Lipinski definition) is 4. The monoisotopic (exact) mass is 491 g/mol. The summed E-state index contributed by atoms with van der Waals surface area (Å²) in [6.07, 6.45) is -1.94. The van der Waals surface area contributed by atoms with Crippen LogP contribution in [0, 0.1) is 17.7 Å². The Hall–Kier alpha value is -3.36. The minimum atomic E-state index is -4.97. The maximum atomic E-state index is 13.8. The molecule has 1 N–H and O–H groups in total. The Kier molecular flexibility index (Phi) is 6.87. The number of rotatable bonds is 5. The molecule has 3 atom stereocenters. The Bertz CT molecular complexity index is 1280. The number of alkyl halides is 3. The molecule has 2 aromatic carbocycles. The molecule has 1 amide bonds. The first-order valence-electron chi connectivity index (χ1n) is 11.4. The number of fused-ring (bicyclic) bond motifs is 1. The van der Waals surface area contributed by atoms with E-state index in [1.807, 2.05) is 0 Å². The lowest BCUT2D eigenvalue weighted by atomic mass is 9.78. The molecule has 9 heteroatoms. The molecule has 3 aromatic rings. The third-order valence-electron chi connectivity index (χ3n) is 6.68. The van der Waals surface area contributed by atoms with Gasteiger partial charge >= 0.3 is 6.18 Å². The molecule has 0 bridgehead atoms. The average Bonchev–Trinajstić information content (AvgIpc) is 2.80. The number of carbonyl (C=O) groups is 1. The van der Waals surface area contributed by atoms with E-state index in [9.17, 15) is 27.2 Å². The molecule has 4 rings (SSSR count). The first-order valence-corrected chi connectivity index (χ1v) is 11.4. The summed E-state index contributed by atoms with van der Waals surface area (Å²) in [7, 11) is 0. The van der Waals surface area contributed by atoms with Gasteiger partial charge in [-0.15, -0.1) is 0 Å². The zero-order valence-electron chi connectivity index (χ0n) is 19.2. The zero-order valence-corrected chi connectivity index (χ0v) is 19.2. The summed E-state index contributed by atoms with van der Waals surface area (Å²) in [5, 5.41) is 2.86. The maximum Gasteiger partial charge on any atom is 0.450 e. The van der Waals surface area contributed by atoms with E-state index < -0.39 is 28.7 Å². The molecule has 0 unspecified atom stereocenters. The summed E-state index contributed by atoms with van der Waals surface area (Å²) in [6.45, 7) is 3.92. The van der Waals surface area contributed by atoms with Crippen molar-refractivity contribution in [3.05, 3.63) is 64.3 Å². The highest BCUT2D eigenvalue weighted by molar-refractivity contribution is 5.84. The molecule has 0 spiro atoms. The Morgan fingerprint density at radius 1 is 1.11 bits per heavy atom. The Morgan fingerprint density at radius 3 is 2.51 bits per heavy atom. The van der Waals surface area contributed by atoms with Gasteiger partial charge in [0.2, 0.25) is 11.2 Å². The summed E-state index contributed by atoms with van der Waals surface area (Å²) < 4.78 is 65.2. The Balaban J connectivity index is 1.59. The summed E-state index contributed by atoms with van der Waals surface area (Å²) >= 11 is 0. The van der Waals surface area contributed by atoms with E-state index in [0.29, 0.717) is 11.8 Å². The third kappa shape index (κ3) is 5.33. The molecular weight excluding hydrogens is 466 g/mol. The molecular formula is C26H25F4NO4. The molecule has 1 aromatic heterocycles. The van der Waals surface area contributed by atoms with E-state index in [2.05, 4.69) is 19.2 Å². The fraction of sp³-hybridized carbons (Fsp3) is 0.385. The normalized spacial score (nSPS) is 20.6. The van der Waals surface area contributed by atoms with Gasteiger partial charge in [0, 0.05) is 12.1 Å². The largest absolute Gasteiger partial charge is 0.484 e. The van der Waals surface area contributed by atoms with E-state index in [0.717, 1.165) is 49.6 Å². The first-order chi connectivity index (χ1) is 16.5. The van der Waals surface area contributed by atoms with Crippen LogP contribution < -0.4 is 15.5 Å². The lowest BCUT2D eigenvalue weighted by Gasteiger charge is -2.34. The lowest BCUT2D eigenvalue weighted by molar-refractivity contribution is -0.152. The molecule has 186 valence electrons. The van der Waals surface area contributed by atoms with Gasteiger partial charge in [-0.1, -0.05) is 38.8 Å². The van der Waals surface area contributed by atoms with Gasteiger partial charge in [-0.05, 0) is 48.1 Å². The quantitative estimate of drug-likeness (QED) is 0.449. The molecule has 1 saturated carbocycles. The molecule has 1 heterocycles. The second-order valence-corrected chi connectivity index (χ2v) is 9.03. The van der Waals surface area contributed by atoms with E-state index in [1.54, 1.807) is 0 Å². The van der Waals surface area contributed by atoms with Gasteiger partial charge < -0.3 is 14.5 Å². The highest BCUT2D eigenvalue weighted by Gasteiger charge is 2.39. The molecule has 35 heavy (non-hydrogen) atoms. The van der Waals surface area contributed by atoms with Crippen LogP contribution in [-0.4, -0.2) is 18.6 Å². The summed E-state index contributed by atoms with van der Waals surface area (Å²) in [5.74, 6) is -1.55. The van der Waals surface area contributed by atoms with Crippen LogP contribution in [-0.2, 0) is 11.0 Å². The van der Waals surface area contributed by atoms with Crippen molar-refractivity contribution in [1.82, 2.24) is 5.32 Å². The lowest BCUT2D eigenvalue weighted by Crippen LogP contribution is -2.45. The van der Waals surface area contributed by atoms with Crippen LogP contribution in [0.4, 0.5) is 17.6 Å². The second kappa shape index (κ2) is 9.71. The molecule has 5 nitrogen and oxygen atoms in total. The van der Waals surface area contributed by atoms with Crippen molar-refractivity contribution < 1.29 is 31.5 Å². The van der Waals surface area contributed by atoms with Crippen molar-refractivity contribution in [2.75, 3.05) is 6.61 Å². The van der Waals surface area contributed by atoms with Gasteiger partial charge in [0.15, 0.2) is 6.61 Å². The van der Waals surface area contributed by atoms with Gasteiger partial charge in [0.1, 0.15) is 17.1 Å². The SMILES string of the molecule is C[C@H]1[C@H](C)CCC[C@@H]1NC(=O)COc1ccc2c(=O)c(-c3ccc(F)cc3)c(C(F)(F)F)oc2c1. The number of halogens is 4. The maximum absolute atomic E-state index is 13.8. The highest BCUT2D eigenvalue weighted by Crippen LogP contribution is 2.38. The van der Waals surface area contributed by atoms with Gasteiger partial charge in [-0.3, -0.25) is 9.59 Å². The van der Waals surface area contributed by atoms with Crippen molar-refractivity contribution in [2.45, 2.75) is 45.3 Å². The van der Waals surface area contributed by atoms with Gasteiger partial charge in [-0.25, -0.2) is 4.39 Å². The van der Waals surface area contributed by atoms with E-state index in [1.165, 1.54) is 12.1 Å². The topological polar surface area (TPSA) is 68.5 Å². The summed E-state index contributed by atoms with van der Waals surface area (Å²) in [6, 6.07) is 7.99. The van der Waals surface area contributed by atoms with Crippen LogP contribution in [0.1, 0.15) is 38.9 Å². The Labute approximate surface area is 199 Å². The van der Waals surface area contributed by atoms with Crippen LogP contribution >= 0.6 is 0 Å². The number of amides is 1. The van der Waals surface area contributed by atoms with Gasteiger partial charge in [0.25, 0.3) is 5.91 Å². The number of benzene rings is 2. The standard InChI is InChI=1S/C26H25F4NO4/c1-14-4-3-5-20(15(14)2)31-22(32)13-34-18-10-11-19-21(12-18)35-25(26(28,29)30)23(24(19)33)16-6-8-17(27)9-7-16/h6-12,14-15,20H,3-5,13H2,1-2H3,(H,31,32)/t14-,15+,20+/m1/s1. The van der Waals surface area contributed by atoms with E-state index in [-0.39, 0.29) is 40.8 Å². The highest BCUT2D eigenvalue weighted by atomic mass is 19.4. The van der Waals surface area contributed by atoms with Crippen LogP contribution in [0.2, 0.25) is 0 Å². The fourth-order valence-corrected chi connectivity index (χ4v) is 4.52. The second-order valence-electron chi connectivity index (χ2n) is 9.03. The summed E-state index contributed by atoms with van der Waals surface area (Å²) in [5.41, 5.74) is -2.05. The van der Waals surface area contributed by atoms with Crippen LogP contribution in [0.5, 0.6) is 5.75 Å². The van der Waals surface area contributed by atoms with Crippen molar-refractivity contribution in [3.63, 3.8) is 0 Å². The van der Waals surface area contributed by atoms with Crippen LogP contribution in [0.3, 0.4) is 0 Å². The number of nitrogens with one attached hydrogen (secondary N) is 1. The number of hydrogen-bond donors (Lipinski definition) is 1.